The van der Waals surface area contributed by atoms with E-state index in [-0.39, 0.29) is 26.3 Å². The van der Waals surface area contributed by atoms with Crippen LogP contribution in [0, 0.1) is 0 Å². The van der Waals surface area contributed by atoms with Crippen molar-refractivity contribution in [2.75, 3.05) is 19.7 Å². The minimum absolute atomic E-state index is 0.107. The molecule has 4 nitrogen and oxygen atoms in total. The molecule has 1 atom stereocenters. The Labute approximate surface area is 109 Å². The van der Waals surface area contributed by atoms with E-state index in [1.165, 1.54) is 4.90 Å². The number of carbonyl (C=O) groups is 1. The lowest BCUT2D eigenvalue weighted by molar-refractivity contribution is -0.0979. The average molecular weight is 271 g/mol. The zero-order valence-electron chi connectivity index (χ0n) is 10.3. The summed E-state index contributed by atoms with van der Waals surface area (Å²) in [6.07, 6.45) is -4.40. The lowest BCUT2D eigenvalue weighted by Gasteiger charge is -2.31. The van der Waals surface area contributed by atoms with Crippen molar-refractivity contribution in [3.05, 3.63) is 35.9 Å². The Balaban J connectivity index is 1.83. The van der Waals surface area contributed by atoms with E-state index in [2.05, 4.69) is 0 Å². The molecule has 0 bridgehead atoms. The van der Waals surface area contributed by atoms with E-state index in [4.69, 9.17) is 9.47 Å². The second-order valence-corrected chi connectivity index (χ2v) is 4.23. The Bertz CT molecular complexity index is 414. The van der Waals surface area contributed by atoms with E-state index in [1.54, 1.807) is 0 Å². The molecule has 0 aromatic heterocycles. The number of morpholine rings is 1. The van der Waals surface area contributed by atoms with Crippen molar-refractivity contribution >= 4 is 6.09 Å². The Hall–Kier alpha value is -1.69. The lowest BCUT2D eigenvalue weighted by Crippen LogP contribution is -2.48. The van der Waals surface area contributed by atoms with Crippen LogP contribution in [0.1, 0.15) is 5.56 Å². The van der Waals surface area contributed by atoms with Crippen LogP contribution in [-0.2, 0) is 16.1 Å². The zero-order chi connectivity index (χ0) is 13.7. The monoisotopic (exact) mass is 271 g/mol. The van der Waals surface area contributed by atoms with Crippen LogP contribution >= 0.6 is 0 Å². The van der Waals surface area contributed by atoms with Gasteiger partial charge in [0, 0.05) is 6.54 Å². The molecule has 0 radical (unpaired) electrons. The number of hydrogen-bond acceptors (Lipinski definition) is 3. The van der Waals surface area contributed by atoms with Crippen LogP contribution in [0.2, 0.25) is 0 Å². The molecular weight excluding hydrogens is 256 g/mol. The molecule has 0 unspecified atom stereocenters. The molecule has 0 saturated carbocycles. The van der Waals surface area contributed by atoms with E-state index in [0.717, 1.165) is 5.56 Å². The molecule has 1 aliphatic heterocycles. The molecule has 19 heavy (non-hydrogen) atoms. The smallest absolute Gasteiger partial charge is 0.410 e. The van der Waals surface area contributed by atoms with Gasteiger partial charge in [-0.15, -0.1) is 0 Å². The predicted octanol–water partition coefficient (Wildman–Crippen LogP) is 2.29. The number of halogens is 2. The molecule has 0 aliphatic carbocycles. The first-order valence-corrected chi connectivity index (χ1v) is 6.02. The van der Waals surface area contributed by atoms with Gasteiger partial charge in [0.05, 0.1) is 13.2 Å². The van der Waals surface area contributed by atoms with Gasteiger partial charge in [-0.05, 0) is 5.56 Å². The molecule has 0 spiro atoms. The number of ether oxygens (including phenoxy) is 2. The van der Waals surface area contributed by atoms with Crippen molar-refractivity contribution in [2.24, 2.45) is 0 Å². The predicted molar refractivity (Wildman–Crippen MR) is 63.9 cm³/mol. The molecule has 1 fully saturated rings. The molecule has 1 aliphatic rings. The maximum Gasteiger partial charge on any atom is 0.410 e. The molecule has 104 valence electrons. The number of alkyl halides is 2. The van der Waals surface area contributed by atoms with Crippen molar-refractivity contribution in [3.63, 3.8) is 0 Å². The summed E-state index contributed by atoms with van der Waals surface area (Å²) >= 11 is 0. The first kappa shape index (κ1) is 13.7. The molecular formula is C13H15F2NO3. The molecule has 1 aromatic carbocycles. The van der Waals surface area contributed by atoms with Crippen molar-refractivity contribution in [3.8, 4) is 0 Å². The summed E-state index contributed by atoms with van der Waals surface area (Å²) < 4.78 is 35.0. The molecule has 1 amide bonds. The summed E-state index contributed by atoms with van der Waals surface area (Å²) in [4.78, 5) is 13.0. The summed E-state index contributed by atoms with van der Waals surface area (Å²) in [5, 5.41) is 0. The van der Waals surface area contributed by atoms with Crippen LogP contribution in [0.15, 0.2) is 30.3 Å². The number of nitrogens with zero attached hydrogens (tertiary/aromatic N) is 1. The van der Waals surface area contributed by atoms with Gasteiger partial charge in [0.1, 0.15) is 12.7 Å². The normalized spacial score (nSPS) is 19.5. The molecule has 6 heteroatoms. The first-order valence-electron chi connectivity index (χ1n) is 6.02. The maximum atomic E-state index is 12.5. The number of carbonyl (C=O) groups excluding carboxylic acids is 1. The van der Waals surface area contributed by atoms with Crippen molar-refractivity contribution in [1.82, 2.24) is 4.90 Å². The molecule has 2 rings (SSSR count). The van der Waals surface area contributed by atoms with Gasteiger partial charge in [-0.3, -0.25) is 0 Å². The van der Waals surface area contributed by atoms with Crippen LogP contribution in [-0.4, -0.2) is 43.2 Å². The average Bonchev–Trinajstić information content (AvgIpc) is 2.46. The molecule has 0 N–H and O–H groups in total. The Morgan fingerprint density at radius 3 is 2.84 bits per heavy atom. The minimum atomic E-state index is -2.59. The zero-order valence-corrected chi connectivity index (χ0v) is 10.3. The fourth-order valence-electron chi connectivity index (χ4n) is 1.80. The second kappa shape index (κ2) is 6.47. The Morgan fingerprint density at radius 1 is 1.42 bits per heavy atom. The highest BCUT2D eigenvalue weighted by Crippen LogP contribution is 2.14. The summed E-state index contributed by atoms with van der Waals surface area (Å²) in [5.41, 5.74) is 0.856. The SMILES string of the molecule is O=C(OCc1ccccc1)N1CCO[C@H](C(F)F)C1. The molecule has 1 aromatic rings. The highest BCUT2D eigenvalue weighted by molar-refractivity contribution is 5.67. The van der Waals surface area contributed by atoms with Gasteiger partial charge in [0.15, 0.2) is 0 Å². The van der Waals surface area contributed by atoms with E-state index in [0.29, 0.717) is 0 Å². The van der Waals surface area contributed by atoms with Gasteiger partial charge in [0.25, 0.3) is 6.43 Å². The summed E-state index contributed by atoms with van der Waals surface area (Å²) in [5.74, 6) is 0. The highest BCUT2D eigenvalue weighted by Gasteiger charge is 2.30. The van der Waals surface area contributed by atoms with Crippen LogP contribution in [0.25, 0.3) is 0 Å². The second-order valence-electron chi connectivity index (χ2n) is 4.23. The van der Waals surface area contributed by atoms with E-state index < -0.39 is 18.6 Å². The quantitative estimate of drug-likeness (QED) is 0.846. The maximum absolute atomic E-state index is 12.5. The molecule has 1 saturated heterocycles. The van der Waals surface area contributed by atoms with Gasteiger partial charge >= 0.3 is 6.09 Å². The number of amides is 1. The third-order valence-electron chi connectivity index (χ3n) is 2.84. The van der Waals surface area contributed by atoms with Crippen molar-refractivity contribution in [2.45, 2.75) is 19.1 Å². The highest BCUT2D eigenvalue weighted by atomic mass is 19.3. The third-order valence-corrected chi connectivity index (χ3v) is 2.84. The Morgan fingerprint density at radius 2 is 2.16 bits per heavy atom. The van der Waals surface area contributed by atoms with Gasteiger partial charge in [-0.25, -0.2) is 13.6 Å². The van der Waals surface area contributed by atoms with E-state index >= 15 is 0 Å². The first-order chi connectivity index (χ1) is 9.16. The summed E-state index contributed by atoms with van der Waals surface area (Å²) in [7, 11) is 0. The van der Waals surface area contributed by atoms with Crippen molar-refractivity contribution in [1.29, 1.82) is 0 Å². The number of rotatable bonds is 3. The number of benzene rings is 1. The van der Waals surface area contributed by atoms with Gasteiger partial charge < -0.3 is 14.4 Å². The summed E-state index contributed by atoms with van der Waals surface area (Å²) in [6, 6.07) is 9.19. The van der Waals surface area contributed by atoms with Gasteiger partial charge in [0.2, 0.25) is 0 Å². The van der Waals surface area contributed by atoms with E-state index in [9.17, 15) is 13.6 Å². The lowest BCUT2D eigenvalue weighted by atomic mass is 10.2. The Kier molecular flexibility index (Phi) is 4.68. The van der Waals surface area contributed by atoms with Crippen LogP contribution in [0.5, 0.6) is 0 Å². The van der Waals surface area contributed by atoms with Crippen LogP contribution in [0.4, 0.5) is 13.6 Å². The van der Waals surface area contributed by atoms with E-state index in [1.807, 2.05) is 30.3 Å². The van der Waals surface area contributed by atoms with Crippen LogP contribution in [0.3, 0.4) is 0 Å². The fourth-order valence-corrected chi connectivity index (χ4v) is 1.80. The van der Waals surface area contributed by atoms with Gasteiger partial charge in [-0.2, -0.15) is 0 Å². The van der Waals surface area contributed by atoms with Crippen LogP contribution < -0.4 is 0 Å². The largest absolute Gasteiger partial charge is 0.445 e. The minimum Gasteiger partial charge on any atom is -0.445 e. The topological polar surface area (TPSA) is 38.8 Å². The summed E-state index contributed by atoms with van der Waals surface area (Å²) in [6.45, 7) is 0.383. The van der Waals surface area contributed by atoms with Crippen molar-refractivity contribution < 1.29 is 23.0 Å². The fraction of sp³-hybridized carbons (Fsp3) is 0.462. The molecule has 1 heterocycles. The number of hydrogen-bond donors (Lipinski definition) is 0. The standard InChI is InChI=1S/C13H15F2NO3/c14-12(15)11-8-16(6-7-18-11)13(17)19-9-10-4-2-1-3-5-10/h1-5,11-12H,6-9H2/t11-/m0/s1. The van der Waals surface area contributed by atoms with Gasteiger partial charge in [-0.1, -0.05) is 30.3 Å². The third kappa shape index (κ3) is 3.89.